The maximum absolute atomic E-state index is 12.3. The number of H-pyrrole nitrogens is 2. The molecule has 0 aliphatic rings. The zero-order chi connectivity index (χ0) is 22.5. The van der Waals surface area contributed by atoms with Crippen LogP contribution in [-0.4, -0.2) is 47.2 Å². The van der Waals surface area contributed by atoms with E-state index in [9.17, 15) is 14.4 Å². The number of nitrogens with zero attached hydrogens (tertiary/aromatic N) is 1. The van der Waals surface area contributed by atoms with Crippen molar-refractivity contribution in [2.45, 2.75) is 12.8 Å². The first kappa shape index (κ1) is 21.1. The molecule has 0 spiro atoms. The van der Waals surface area contributed by atoms with Crippen LogP contribution < -0.4 is 20.9 Å². The summed E-state index contributed by atoms with van der Waals surface area (Å²) in [7, 11) is 1.62. The smallest absolute Gasteiger partial charge is 0.272 e. The van der Waals surface area contributed by atoms with Gasteiger partial charge in [-0.2, -0.15) is 5.10 Å². The Hall–Kier alpha value is -4.14. The molecule has 9 heteroatoms. The van der Waals surface area contributed by atoms with E-state index in [0.717, 1.165) is 22.2 Å². The van der Waals surface area contributed by atoms with E-state index in [4.69, 9.17) is 4.74 Å². The van der Waals surface area contributed by atoms with Gasteiger partial charge in [0.15, 0.2) is 0 Å². The number of aromatic nitrogens is 3. The predicted octanol–water partition coefficient (Wildman–Crippen LogP) is 1.43. The van der Waals surface area contributed by atoms with Gasteiger partial charge < -0.3 is 20.4 Å². The Morgan fingerprint density at radius 2 is 1.84 bits per heavy atom. The number of ether oxygens (including phenoxy) is 1. The molecule has 0 fully saturated rings. The lowest BCUT2D eigenvalue weighted by Crippen LogP contribution is -2.38. The van der Waals surface area contributed by atoms with Crippen molar-refractivity contribution in [1.29, 1.82) is 0 Å². The van der Waals surface area contributed by atoms with Gasteiger partial charge in [-0.15, -0.1) is 0 Å². The number of hydrogen-bond acceptors (Lipinski definition) is 5. The summed E-state index contributed by atoms with van der Waals surface area (Å²) in [6.07, 6.45) is 2.52. The lowest BCUT2D eigenvalue weighted by molar-refractivity contribution is -0.125. The summed E-state index contributed by atoms with van der Waals surface area (Å²) in [6, 6.07) is 12.7. The Balaban J connectivity index is 1.27. The van der Waals surface area contributed by atoms with Gasteiger partial charge in [-0.1, -0.05) is 18.2 Å². The van der Waals surface area contributed by atoms with E-state index in [1.165, 1.54) is 0 Å². The Kier molecular flexibility index (Phi) is 6.16. The minimum absolute atomic E-state index is 0.0399. The van der Waals surface area contributed by atoms with Crippen LogP contribution in [0.15, 0.2) is 53.5 Å². The molecule has 2 heterocycles. The number of fused-ring (bicyclic) bond motifs is 2. The number of aromatic amines is 2. The summed E-state index contributed by atoms with van der Waals surface area (Å²) in [5.74, 6) is 0.137. The average molecular weight is 433 g/mol. The van der Waals surface area contributed by atoms with Crippen molar-refractivity contribution in [1.82, 2.24) is 25.8 Å². The lowest BCUT2D eigenvalue weighted by atomic mass is 10.1. The maximum Gasteiger partial charge on any atom is 0.272 e. The molecular formula is C23H23N5O4. The quantitative estimate of drug-likeness (QED) is 0.334. The summed E-state index contributed by atoms with van der Waals surface area (Å²) in [6.45, 7) is 0.298. The third-order valence-corrected chi connectivity index (χ3v) is 5.24. The van der Waals surface area contributed by atoms with Crippen LogP contribution in [-0.2, 0) is 22.4 Å². The largest absolute Gasteiger partial charge is 0.497 e. The summed E-state index contributed by atoms with van der Waals surface area (Å²) >= 11 is 0. The van der Waals surface area contributed by atoms with E-state index >= 15 is 0 Å². The molecule has 0 atom stereocenters. The highest BCUT2D eigenvalue weighted by Gasteiger charge is 2.12. The van der Waals surface area contributed by atoms with Gasteiger partial charge in [-0.25, -0.2) is 5.10 Å². The second-order valence-electron chi connectivity index (χ2n) is 7.32. The fourth-order valence-electron chi connectivity index (χ4n) is 3.59. The number of rotatable bonds is 8. The van der Waals surface area contributed by atoms with E-state index < -0.39 is 0 Å². The van der Waals surface area contributed by atoms with Crippen molar-refractivity contribution in [2.24, 2.45) is 0 Å². The van der Waals surface area contributed by atoms with E-state index in [1.807, 2.05) is 24.4 Å². The summed E-state index contributed by atoms with van der Waals surface area (Å²) in [5, 5.41) is 13.9. The average Bonchev–Trinajstić information content (AvgIpc) is 3.22. The van der Waals surface area contributed by atoms with Gasteiger partial charge in [0, 0.05) is 29.0 Å². The predicted molar refractivity (Wildman–Crippen MR) is 121 cm³/mol. The molecule has 0 aliphatic heterocycles. The Bertz CT molecular complexity index is 1340. The normalized spacial score (nSPS) is 10.9. The number of methoxy groups -OCH3 is 1. The Labute approximate surface area is 183 Å². The van der Waals surface area contributed by atoms with Crippen LogP contribution in [0.25, 0.3) is 21.7 Å². The van der Waals surface area contributed by atoms with E-state index in [2.05, 4.69) is 25.8 Å². The molecule has 2 amide bonds. The summed E-state index contributed by atoms with van der Waals surface area (Å²) < 4.78 is 5.27. The van der Waals surface area contributed by atoms with Gasteiger partial charge in [0.05, 0.1) is 31.2 Å². The van der Waals surface area contributed by atoms with Crippen molar-refractivity contribution < 1.29 is 14.3 Å². The van der Waals surface area contributed by atoms with Crippen LogP contribution in [0.5, 0.6) is 5.75 Å². The topological polar surface area (TPSA) is 129 Å². The molecule has 0 aliphatic carbocycles. The van der Waals surface area contributed by atoms with Crippen molar-refractivity contribution in [2.75, 3.05) is 20.2 Å². The van der Waals surface area contributed by atoms with Crippen LogP contribution in [0.2, 0.25) is 0 Å². The Morgan fingerprint density at radius 3 is 2.66 bits per heavy atom. The molecule has 4 N–H and O–H groups in total. The molecule has 0 saturated heterocycles. The molecule has 32 heavy (non-hydrogen) atoms. The van der Waals surface area contributed by atoms with Crippen molar-refractivity contribution >= 4 is 33.5 Å². The van der Waals surface area contributed by atoms with E-state index in [1.54, 1.807) is 31.4 Å². The highest BCUT2D eigenvalue weighted by molar-refractivity contribution is 5.90. The minimum atomic E-state index is -0.353. The number of carbonyl (C=O) groups is 2. The van der Waals surface area contributed by atoms with Gasteiger partial charge in [0.25, 0.3) is 5.56 Å². The molecule has 2 aromatic carbocycles. The van der Waals surface area contributed by atoms with Crippen molar-refractivity contribution in [3.63, 3.8) is 0 Å². The molecule has 0 radical (unpaired) electrons. The van der Waals surface area contributed by atoms with Gasteiger partial charge in [0.2, 0.25) is 11.8 Å². The standard InChI is InChI=1S/C23H23N5O4/c1-32-15-6-7-19-18(10-15)14(12-25-19)8-9-24-22(30)13-26-21(29)11-20-16-4-2-3-5-17(16)23(31)28-27-20/h2-7,10,12,25H,8-9,11,13H2,1H3,(H,24,30)(H,26,29)(H,28,31). The van der Waals surface area contributed by atoms with Crippen LogP contribution in [0.1, 0.15) is 11.3 Å². The molecule has 9 nitrogen and oxygen atoms in total. The number of amides is 2. The summed E-state index contributed by atoms with van der Waals surface area (Å²) in [4.78, 5) is 39.5. The van der Waals surface area contributed by atoms with Crippen LogP contribution in [0, 0.1) is 0 Å². The van der Waals surface area contributed by atoms with Gasteiger partial charge in [-0.3, -0.25) is 14.4 Å². The van der Waals surface area contributed by atoms with Crippen molar-refractivity contribution in [3.05, 3.63) is 70.3 Å². The first-order valence-corrected chi connectivity index (χ1v) is 10.2. The monoisotopic (exact) mass is 433 g/mol. The third kappa shape index (κ3) is 4.61. The first-order valence-electron chi connectivity index (χ1n) is 10.2. The Morgan fingerprint density at radius 1 is 1.03 bits per heavy atom. The highest BCUT2D eigenvalue weighted by atomic mass is 16.5. The number of hydrogen-bond donors (Lipinski definition) is 4. The lowest BCUT2D eigenvalue weighted by Gasteiger charge is -2.08. The number of benzene rings is 2. The zero-order valence-corrected chi connectivity index (χ0v) is 17.5. The second kappa shape index (κ2) is 9.34. The van der Waals surface area contributed by atoms with Crippen LogP contribution >= 0.6 is 0 Å². The molecule has 2 aromatic heterocycles. The van der Waals surface area contributed by atoms with Crippen molar-refractivity contribution in [3.8, 4) is 5.75 Å². The third-order valence-electron chi connectivity index (χ3n) is 5.24. The molecule has 0 bridgehead atoms. The molecule has 164 valence electrons. The molecule has 0 unspecified atom stereocenters. The highest BCUT2D eigenvalue weighted by Crippen LogP contribution is 2.23. The van der Waals surface area contributed by atoms with E-state index in [0.29, 0.717) is 29.4 Å². The second-order valence-corrected chi connectivity index (χ2v) is 7.32. The molecule has 4 aromatic rings. The summed E-state index contributed by atoms with van der Waals surface area (Å²) in [5.41, 5.74) is 2.22. The fourth-order valence-corrected chi connectivity index (χ4v) is 3.59. The zero-order valence-electron chi connectivity index (χ0n) is 17.5. The van der Waals surface area contributed by atoms with E-state index in [-0.39, 0.29) is 30.3 Å². The SMILES string of the molecule is COc1ccc2[nH]cc(CCNC(=O)CNC(=O)Cc3n[nH]c(=O)c4ccccc34)c2c1. The molecule has 4 rings (SSSR count). The molecular weight excluding hydrogens is 410 g/mol. The van der Waals surface area contributed by atoms with Gasteiger partial charge in [0.1, 0.15) is 5.75 Å². The van der Waals surface area contributed by atoms with Gasteiger partial charge in [-0.05, 0) is 36.2 Å². The minimum Gasteiger partial charge on any atom is -0.497 e. The fraction of sp³-hybridized carbons (Fsp3) is 0.217. The molecule has 0 saturated carbocycles. The van der Waals surface area contributed by atoms with Crippen LogP contribution in [0.3, 0.4) is 0 Å². The number of carbonyl (C=O) groups excluding carboxylic acids is 2. The van der Waals surface area contributed by atoms with Gasteiger partial charge >= 0.3 is 0 Å². The maximum atomic E-state index is 12.3. The van der Waals surface area contributed by atoms with Crippen LogP contribution in [0.4, 0.5) is 0 Å². The number of nitrogens with one attached hydrogen (secondary N) is 4. The first-order chi connectivity index (χ1) is 15.5.